The molecule has 0 saturated carbocycles. The highest BCUT2D eigenvalue weighted by Crippen LogP contribution is 2.15. The average molecular weight is 258 g/mol. The maximum absolute atomic E-state index is 3.70. The first-order valence-corrected chi connectivity index (χ1v) is 8.23. The van der Waals surface area contributed by atoms with Gasteiger partial charge < -0.3 is 10.2 Å². The molecule has 1 heterocycles. The van der Waals surface area contributed by atoms with Crippen LogP contribution in [0.2, 0.25) is 0 Å². The standard InChI is InChI=1S/C14H30N2S/c1-12(2)10-17-11-13(3)15-9-14-5-7-16(4)8-6-14/h12-15H,5-11H2,1-4H3/t13-/m1/s1. The third-order valence-electron chi connectivity index (χ3n) is 3.41. The lowest BCUT2D eigenvalue weighted by atomic mass is 9.97. The summed E-state index contributed by atoms with van der Waals surface area (Å²) in [6, 6.07) is 0.665. The van der Waals surface area contributed by atoms with E-state index in [9.17, 15) is 0 Å². The quantitative estimate of drug-likeness (QED) is 0.756. The lowest BCUT2D eigenvalue weighted by Gasteiger charge is -2.30. The van der Waals surface area contributed by atoms with Gasteiger partial charge in [-0.15, -0.1) is 0 Å². The third-order valence-corrected chi connectivity index (χ3v) is 5.05. The second kappa shape index (κ2) is 8.39. The fraction of sp³-hybridized carbons (Fsp3) is 1.00. The predicted octanol–water partition coefficient (Wildman–Crippen LogP) is 2.70. The zero-order chi connectivity index (χ0) is 12.7. The highest BCUT2D eigenvalue weighted by atomic mass is 32.2. The Morgan fingerprint density at radius 2 is 1.82 bits per heavy atom. The van der Waals surface area contributed by atoms with Crippen molar-refractivity contribution < 1.29 is 0 Å². The van der Waals surface area contributed by atoms with E-state index in [2.05, 4.69) is 49.8 Å². The molecule has 0 radical (unpaired) electrons. The summed E-state index contributed by atoms with van der Waals surface area (Å²) < 4.78 is 0. The van der Waals surface area contributed by atoms with E-state index in [4.69, 9.17) is 0 Å². The zero-order valence-corrected chi connectivity index (χ0v) is 12.9. The van der Waals surface area contributed by atoms with E-state index in [1.54, 1.807) is 0 Å². The van der Waals surface area contributed by atoms with Gasteiger partial charge in [-0.25, -0.2) is 0 Å². The van der Waals surface area contributed by atoms with Crippen molar-refractivity contribution in [2.75, 3.05) is 38.2 Å². The molecule has 1 rings (SSSR count). The highest BCUT2D eigenvalue weighted by molar-refractivity contribution is 7.99. The Balaban J connectivity index is 2.01. The predicted molar refractivity (Wildman–Crippen MR) is 79.8 cm³/mol. The number of thioether (sulfide) groups is 1. The number of hydrogen-bond acceptors (Lipinski definition) is 3. The van der Waals surface area contributed by atoms with Crippen LogP contribution in [-0.4, -0.2) is 49.1 Å². The molecule has 17 heavy (non-hydrogen) atoms. The van der Waals surface area contributed by atoms with E-state index in [0.717, 1.165) is 11.8 Å². The maximum atomic E-state index is 3.70. The molecule has 0 unspecified atom stereocenters. The third kappa shape index (κ3) is 7.32. The summed E-state index contributed by atoms with van der Waals surface area (Å²) in [5.41, 5.74) is 0. The molecule has 0 aromatic heterocycles. The largest absolute Gasteiger partial charge is 0.313 e. The van der Waals surface area contributed by atoms with Crippen molar-refractivity contribution in [1.82, 2.24) is 10.2 Å². The molecule has 0 amide bonds. The summed E-state index contributed by atoms with van der Waals surface area (Å²) in [6.45, 7) is 10.7. The van der Waals surface area contributed by atoms with Gasteiger partial charge in [0, 0.05) is 11.8 Å². The minimum Gasteiger partial charge on any atom is -0.313 e. The Hall–Kier alpha value is 0.270. The second-order valence-corrected chi connectivity index (χ2v) is 7.06. The molecule has 1 aliphatic rings. The van der Waals surface area contributed by atoms with Gasteiger partial charge >= 0.3 is 0 Å². The summed E-state index contributed by atoms with van der Waals surface area (Å²) in [5.74, 6) is 4.27. The fourth-order valence-electron chi connectivity index (χ4n) is 2.17. The molecule has 1 fully saturated rings. The molecule has 0 spiro atoms. The van der Waals surface area contributed by atoms with Gasteiger partial charge in [-0.2, -0.15) is 11.8 Å². The number of rotatable bonds is 7. The van der Waals surface area contributed by atoms with Crippen LogP contribution in [0.5, 0.6) is 0 Å². The van der Waals surface area contributed by atoms with Gasteiger partial charge in [0.25, 0.3) is 0 Å². The molecule has 2 nitrogen and oxygen atoms in total. The van der Waals surface area contributed by atoms with Gasteiger partial charge in [-0.3, -0.25) is 0 Å². The van der Waals surface area contributed by atoms with Crippen molar-refractivity contribution in [3.05, 3.63) is 0 Å². The molecule has 1 N–H and O–H groups in total. The Kier molecular flexibility index (Phi) is 7.56. The van der Waals surface area contributed by atoms with Gasteiger partial charge in [-0.1, -0.05) is 13.8 Å². The Labute approximate surface area is 112 Å². The SMILES string of the molecule is CC(C)CSC[C@@H](C)NCC1CCN(C)CC1. The van der Waals surface area contributed by atoms with Crippen LogP contribution >= 0.6 is 11.8 Å². The fourth-order valence-corrected chi connectivity index (χ4v) is 3.25. The lowest BCUT2D eigenvalue weighted by molar-refractivity contribution is 0.214. The smallest absolute Gasteiger partial charge is 0.0130 e. The van der Waals surface area contributed by atoms with Crippen molar-refractivity contribution in [3.8, 4) is 0 Å². The molecule has 3 heteroatoms. The molecule has 0 bridgehead atoms. The molecule has 1 atom stereocenters. The number of nitrogens with zero attached hydrogens (tertiary/aromatic N) is 1. The van der Waals surface area contributed by atoms with E-state index in [-0.39, 0.29) is 0 Å². The first-order chi connectivity index (χ1) is 8.08. The molecule has 0 aromatic rings. The van der Waals surface area contributed by atoms with Gasteiger partial charge in [0.05, 0.1) is 0 Å². The number of nitrogens with one attached hydrogen (secondary N) is 1. The van der Waals surface area contributed by atoms with E-state index >= 15 is 0 Å². The first kappa shape index (κ1) is 15.3. The normalized spacial score (nSPS) is 21.0. The maximum Gasteiger partial charge on any atom is 0.0130 e. The van der Waals surface area contributed by atoms with Crippen LogP contribution < -0.4 is 5.32 Å². The molecular formula is C14H30N2S. The number of piperidine rings is 1. The topological polar surface area (TPSA) is 15.3 Å². The van der Waals surface area contributed by atoms with E-state index in [1.807, 2.05) is 0 Å². The first-order valence-electron chi connectivity index (χ1n) is 7.07. The van der Waals surface area contributed by atoms with Crippen LogP contribution in [0.25, 0.3) is 0 Å². The van der Waals surface area contributed by atoms with Gasteiger partial charge in [0.15, 0.2) is 0 Å². The van der Waals surface area contributed by atoms with E-state index in [0.29, 0.717) is 6.04 Å². The van der Waals surface area contributed by atoms with Crippen LogP contribution in [0.15, 0.2) is 0 Å². The van der Waals surface area contributed by atoms with Crippen LogP contribution in [0, 0.1) is 11.8 Å². The lowest BCUT2D eigenvalue weighted by Crippen LogP contribution is -2.38. The van der Waals surface area contributed by atoms with Gasteiger partial charge in [-0.05, 0) is 64.0 Å². The van der Waals surface area contributed by atoms with E-state index in [1.165, 1.54) is 44.0 Å². The summed E-state index contributed by atoms with van der Waals surface area (Å²) in [5, 5.41) is 3.70. The number of likely N-dealkylation sites (tertiary alicyclic amines) is 1. The van der Waals surface area contributed by atoms with Crippen LogP contribution in [0.4, 0.5) is 0 Å². The Bertz CT molecular complexity index is 189. The van der Waals surface area contributed by atoms with Crippen molar-refractivity contribution in [2.45, 2.75) is 39.7 Å². The van der Waals surface area contributed by atoms with Crippen molar-refractivity contribution in [1.29, 1.82) is 0 Å². The van der Waals surface area contributed by atoms with Crippen molar-refractivity contribution in [2.24, 2.45) is 11.8 Å². The molecule has 1 saturated heterocycles. The van der Waals surface area contributed by atoms with Crippen molar-refractivity contribution in [3.63, 3.8) is 0 Å². The minimum atomic E-state index is 0.665. The molecular weight excluding hydrogens is 228 g/mol. The van der Waals surface area contributed by atoms with E-state index < -0.39 is 0 Å². The van der Waals surface area contributed by atoms with Crippen LogP contribution in [0.1, 0.15) is 33.6 Å². The second-order valence-electron chi connectivity index (χ2n) is 5.99. The zero-order valence-electron chi connectivity index (χ0n) is 12.0. The summed E-state index contributed by atoms with van der Waals surface area (Å²) in [6.07, 6.45) is 2.74. The van der Waals surface area contributed by atoms with Gasteiger partial charge in [0.2, 0.25) is 0 Å². The Morgan fingerprint density at radius 3 is 2.41 bits per heavy atom. The number of hydrogen-bond donors (Lipinski definition) is 1. The highest BCUT2D eigenvalue weighted by Gasteiger charge is 2.16. The molecule has 0 aliphatic carbocycles. The summed E-state index contributed by atoms with van der Waals surface area (Å²) >= 11 is 2.09. The van der Waals surface area contributed by atoms with Crippen molar-refractivity contribution >= 4 is 11.8 Å². The minimum absolute atomic E-state index is 0.665. The Morgan fingerprint density at radius 1 is 1.18 bits per heavy atom. The van der Waals surface area contributed by atoms with Gasteiger partial charge in [0.1, 0.15) is 0 Å². The molecule has 102 valence electrons. The summed E-state index contributed by atoms with van der Waals surface area (Å²) in [7, 11) is 2.23. The van der Waals surface area contributed by atoms with Crippen LogP contribution in [0.3, 0.4) is 0 Å². The molecule has 1 aliphatic heterocycles. The van der Waals surface area contributed by atoms with Crippen LogP contribution in [-0.2, 0) is 0 Å². The molecule has 0 aromatic carbocycles. The average Bonchev–Trinajstić information content (AvgIpc) is 2.28. The monoisotopic (exact) mass is 258 g/mol. The summed E-state index contributed by atoms with van der Waals surface area (Å²) in [4.78, 5) is 2.44.